The molecule has 0 unspecified atom stereocenters. The van der Waals surface area contributed by atoms with E-state index in [1.807, 2.05) is 0 Å². The van der Waals surface area contributed by atoms with Gasteiger partial charge in [0, 0.05) is 0 Å². The van der Waals surface area contributed by atoms with Gasteiger partial charge >= 0.3 is 7.60 Å². The Kier molecular flexibility index (Phi) is 3.36. The van der Waals surface area contributed by atoms with Crippen LogP contribution < -0.4 is 5.73 Å². The zero-order valence-electron chi connectivity index (χ0n) is 7.74. The normalized spacial score (nSPS) is 13.8. The first-order valence-corrected chi connectivity index (χ1v) is 5.80. The number of aromatic hydroxyl groups is 2. The van der Waals surface area contributed by atoms with Crippen LogP contribution in [-0.2, 0) is 11.0 Å². The summed E-state index contributed by atoms with van der Waals surface area (Å²) < 4.78 is 10.7. The third-order valence-electron chi connectivity index (χ3n) is 1.92. The van der Waals surface area contributed by atoms with Crippen LogP contribution in [0.4, 0.5) is 0 Å². The maximum Gasteiger partial charge on any atom is 0.342 e. The van der Waals surface area contributed by atoms with Crippen molar-refractivity contribution in [3.05, 3.63) is 23.8 Å². The van der Waals surface area contributed by atoms with Crippen LogP contribution >= 0.6 is 7.60 Å². The van der Waals surface area contributed by atoms with Crippen molar-refractivity contribution in [1.29, 1.82) is 0 Å². The van der Waals surface area contributed by atoms with Crippen LogP contribution in [0.25, 0.3) is 0 Å². The number of nitrogens with two attached hydrogens (primary N) is 1. The SMILES string of the molecule is N[C@H](Cc1ccc(O)c(O)c1)P(=O)(O)O. The largest absolute Gasteiger partial charge is 0.504 e. The fraction of sp³-hybridized carbons (Fsp3) is 0.250. The van der Waals surface area contributed by atoms with Gasteiger partial charge in [0.15, 0.2) is 11.5 Å². The molecule has 0 aliphatic carbocycles. The lowest BCUT2D eigenvalue weighted by Gasteiger charge is -2.13. The number of phenolic OH excluding ortho intramolecular Hbond substituents is 2. The average Bonchev–Trinajstić information content (AvgIpc) is 2.10. The smallest absolute Gasteiger partial charge is 0.342 e. The van der Waals surface area contributed by atoms with Crippen LogP contribution in [0.1, 0.15) is 5.56 Å². The molecular weight excluding hydrogens is 221 g/mol. The topological polar surface area (TPSA) is 124 Å². The molecule has 0 fully saturated rings. The fourth-order valence-electron chi connectivity index (χ4n) is 1.06. The summed E-state index contributed by atoms with van der Waals surface area (Å²) in [6.45, 7) is 0. The molecule has 1 atom stereocenters. The molecule has 7 heteroatoms. The van der Waals surface area contributed by atoms with Crippen LogP contribution in [0.5, 0.6) is 11.5 Å². The lowest BCUT2D eigenvalue weighted by atomic mass is 10.1. The van der Waals surface area contributed by atoms with Gasteiger partial charge in [-0.05, 0) is 24.1 Å². The van der Waals surface area contributed by atoms with E-state index >= 15 is 0 Å². The second-order valence-corrected chi connectivity index (χ2v) is 5.03. The summed E-state index contributed by atoms with van der Waals surface area (Å²) in [4.78, 5) is 17.5. The van der Waals surface area contributed by atoms with E-state index in [9.17, 15) is 4.57 Å². The predicted molar refractivity (Wildman–Crippen MR) is 53.5 cm³/mol. The molecule has 0 radical (unpaired) electrons. The van der Waals surface area contributed by atoms with Crippen molar-refractivity contribution in [3.63, 3.8) is 0 Å². The molecule has 0 aliphatic rings. The Labute approximate surface area is 86.1 Å². The van der Waals surface area contributed by atoms with Crippen molar-refractivity contribution < 1.29 is 24.6 Å². The zero-order chi connectivity index (χ0) is 11.6. The van der Waals surface area contributed by atoms with E-state index in [0.717, 1.165) is 0 Å². The lowest BCUT2D eigenvalue weighted by Crippen LogP contribution is -2.22. The van der Waals surface area contributed by atoms with Gasteiger partial charge in [0.25, 0.3) is 0 Å². The fourth-order valence-corrected chi connectivity index (χ4v) is 1.51. The van der Waals surface area contributed by atoms with Crippen LogP contribution in [-0.4, -0.2) is 25.8 Å². The molecule has 84 valence electrons. The van der Waals surface area contributed by atoms with Gasteiger partial charge in [0.1, 0.15) is 5.78 Å². The first-order chi connectivity index (χ1) is 6.80. The maximum atomic E-state index is 10.7. The van der Waals surface area contributed by atoms with Gasteiger partial charge < -0.3 is 25.7 Å². The standard InChI is InChI=1S/C8H12NO5P/c9-8(15(12,13)14)4-5-1-2-6(10)7(11)3-5/h1-3,8,10-11H,4,9H2,(H2,12,13,14)/t8-/m0/s1. The van der Waals surface area contributed by atoms with Crippen molar-refractivity contribution >= 4 is 7.60 Å². The molecule has 0 saturated carbocycles. The minimum atomic E-state index is -4.32. The highest BCUT2D eigenvalue weighted by Crippen LogP contribution is 2.40. The Morgan fingerprint density at radius 1 is 1.27 bits per heavy atom. The van der Waals surface area contributed by atoms with Crippen molar-refractivity contribution in [2.24, 2.45) is 5.73 Å². The van der Waals surface area contributed by atoms with Gasteiger partial charge in [-0.1, -0.05) is 6.07 Å². The summed E-state index contributed by atoms with van der Waals surface area (Å²) in [6, 6.07) is 3.88. The van der Waals surface area contributed by atoms with Crippen molar-refractivity contribution in [2.45, 2.75) is 12.2 Å². The van der Waals surface area contributed by atoms with Crippen LogP contribution in [0.2, 0.25) is 0 Å². The highest BCUT2D eigenvalue weighted by atomic mass is 31.2. The first kappa shape index (κ1) is 12.0. The molecule has 15 heavy (non-hydrogen) atoms. The molecule has 0 aliphatic heterocycles. The van der Waals surface area contributed by atoms with E-state index in [2.05, 4.69) is 0 Å². The van der Waals surface area contributed by atoms with Gasteiger partial charge in [-0.15, -0.1) is 0 Å². The minimum Gasteiger partial charge on any atom is -0.504 e. The Bertz CT molecular complexity index is 402. The monoisotopic (exact) mass is 233 g/mol. The molecule has 6 N–H and O–H groups in total. The molecule has 1 rings (SSSR count). The third kappa shape index (κ3) is 3.21. The van der Waals surface area contributed by atoms with Gasteiger partial charge in [-0.25, -0.2) is 0 Å². The van der Waals surface area contributed by atoms with E-state index in [0.29, 0.717) is 5.56 Å². The van der Waals surface area contributed by atoms with Crippen molar-refractivity contribution in [2.75, 3.05) is 0 Å². The Morgan fingerprint density at radius 3 is 2.33 bits per heavy atom. The summed E-state index contributed by atoms with van der Waals surface area (Å²) in [5, 5.41) is 18.1. The van der Waals surface area contributed by atoms with E-state index in [-0.39, 0.29) is 17.9 Å². The molecule has 0 bridgehead atoms. The number of phenols is 2. The highest BCUT2D eigenvalue weighted by Gasteiger charge is 2.24. The zero-order valence-corrected chi connectivity index (χ0v) is 8.63. The lowest BCUT2D eigenvalue weighted by molar-refractivity contribution is 0.357. The van der Waals surface area contributed by atoms with Gasteiger partial charge in [-0.3, -0.25) is 4.57 Å². The molecule has 0 amide bonds. The minimum absolute atomic E-state index is 0.0713. The van der Waals surface area contributed by atoms with Gasteiger partial charge in [-0.2, -0.15) is 0 Å². The van der Waals surface area contributed by atoms with Crippen LogP contribution in [0.3, 0.4) is 0 Å². The number of rotatable bonds is 3. The number of benzene rings is 1. The molecule has 6 nitrogen and oxygen atoms in total. The van der Waals surface area contributed by atoms with Gasteiger partial charge in [0.05, 0.1) is 0 Å². The quantitative estimate of drug-likeness (QED) is 0.372. The molecular formula is C8H12NO5P. The maximum absolute atomic E-state index is 10.7. The second-order valence-electron chi connectivity index (χ2n) is 3.18. The molecule has 0 spiro atoms. The van der Waals surface area contributed by atoms with E-state index < -0.39 is 13.4 Å². The van der Waals surface area contributed by atoms with E-state index in [1.165, 1.54) is 18.2 Å². The molecule has 0 aromatic heterocycles. The van der Waals surface area contributed by atoms with Crippen molar-refractivity contribution in [1.82, 2.24) is 0 Å². The molecule has 1 aromatic carbocycles. The summed E-state index contributed by atoms with van der Waals surface area (Å²) in [6.07, 6.45) is -0.0713. The summed E-state index contributed by atoms with van der Waals surface area (Å²) in [5.41, 5.74) is 5.71. The van der Waals surface area contributed by atoms with Gasteiger partial charge in [0.2, 0.25) is 0 Å². The Balaban J connectivity index is 2.82. The highest BCUT2D eigenvalue weighted by molar-refractivity contribution is 7.52. The Hall–Kier alpha value is -1.07. The third-order valence-corrected chi connectivity index (χ3v) is 2.96. The number of hydrogen-bond acceptors (Lipinski definition) is 4. The average molecular weight is 233 g/mol. The van der Waals surface area contributed by atoms with Crippen LogP contribution in [0.15, 0.2) is 18.2 Å². The molecule has 0 heterocycles. The summed E-state index contributed by atoms with van der Waals surface area (Å²) >= 11 is 0. The first-order valence-electron chi connectivity index (χ1n) is 4.12. The summed E-state index contributed by atoms with van der Waals surface area (Å²) in [7, 11) is -4.32. The van der Waals surface area contributed by atoms with Crippen molar-refractivity contribution in [3.8, 4) is 11.5 Å². The number of hydrogen-bond donors (Lipinski definition) is 5. The van der Waals surface area contributed by atoms with E-state index in [4.69, 9.17) is 25.7 Å². The molecule has 1 aromatic rings. The summed E-state index contributed by atoms with van der Waals surface area (Å²) in [5.74, 6) is -1.93. The predicted octanol–water partition coefficient (Wildman–Crippen LogP) is 0.103. The molecule has 0 saturated heterocycles. The van der Waals surface area contributed by atoms with Crippen LogP contribution in [0, 0.1) is 0 Å². The Morgan fingerprint density at radius 2 is 1.87 bits per heavy atom. The van der Waals surface area contributed by atoms with E-state index in [1.54, 1.807) is 0 Å². The second kappa shape index (κ2) is 4.20.